The maximum atomic E-state index is 11.8. The van der Waals surface area contributed by atoms with Gasteiger partial charge in [-0.05, 0) is 12.1 Å². The van der Waals surface area contributed by atoms with E-state index in [1.807, 2.05) is 10.9 Å². The minimum Gasteiger partial charge on any atom is -0.273 e. The predicted molar refractivity (Wildman–Crippen MR) is 57.3 cm³/mol. The van der Waals surface area contributed by atoms with E-state index in [0.717, 1.165) is 0 Å². The molecule has 0 aliphatic carbocycles. The lowest BCUT2D eigenvalue weighted by atomic mass is 10.2. The van der Waals surface area contributed by atoms with Crippen LogP contribution in [0.15, 0.2) is 30.3 Å². The average molecular weight is 260 g/mol. The molecule has 0 aliphatic heterocycles. The molecule has 0 radical (unpaired) electrons. The van der Waals surface area contributed by atoms with Gasteiger partial charge < -0.3 is 0 Å². The Bertz CT molecular complexity index is 418. The van der Waals surface area contributed by atoms with Crippen molar-refractivity contribution in [2.45, 2.75) is 19.0 Å². The first-order chi connectivity index (χ1) is 8.38. The summed E-state index contributed by atoms with van der Waals surface area (Å²) in [4.78, 5) is 22.4. The van der Waals surface area contributed by atoms with Gasteiger partial charge in [-0.2, -0.15) is 13.2 Å². The highest BCUT2D eigenvalue weighted by molar-refractivity contribution is 5.95. The summed E-state index contributed by atoms with van der Waals surface area (Å²) in [5.74, 6) is -1.48. The SMILES string of the molecule is O=C(CCC(F)(F)F)NNC(=O)c1ccccc1. The number of hydrogen-bond donors (Lipinski definition) is 2. The molecule has 98 valence electrons. The molecule has 0 saturated carbocycles. The van der Waals surface area contributed by atoms with E-state index in [-0.39, 0.29) is 0 Å². The molecule has 2 N–H and O–H groups in total. The van der Waals surface area contributed by atoms with Crippen LogP contribution in [0.3, 0.4) is 0 Å². The van der Waals surface area contributed by atoms with Crippen LogP contribution >= 0.6 is 0 Å². The highest BCUT2D eigenvalue weighted by Crippen LogP contribution is 2.20. The van der Waals surface area contributed by atoms with Crippen molar-refractivity contribution in [3.63, 3.8) is 0 Å². The van der Waals surface area contributed by atoms with Gasteiger partial charge in [0, 0.05) is 12.0 Å². The van der Waals surface area contributed by atoms with Gasteiger partial charge in [0.05, 0.1) is 6.42 Å². The molecule has 0 spiro atoms. The van der Waals surface area contributed by atoms with Gasteiger partial charge >= 0.3 is 6.18 Å². The molecule has 0 aromatic heterocycles. The normalized spacial score (nSPS) is 10.8. The van der Waals surface area contributed by atoms with E-state index in [4.69, 9.17) is 0 Å². The Morgan fingerprint density at radius 1 is 1.06 bits per heavy atom. The molecule has 0 heterocycles. The van der Waals surface area contributed by atoms with Crippen molar-refractivity contribution in [2.24, 2.45) is 0 Å². The fraction of sp³-hybridized carbons (Fsp3) is 0.273. The number of hydrogen-bond acceptors (Lipinski definition) is 2. The lowest BCUT2D eigenvalue weighted by molar-refractivity contribution is -0.144. The Balaban J connectivity index is 2.33. The summed E-state index contributed by atoms with van der Waals surface area (Å²) in [6.07, 6.45) is -6.33. The lowest BCUT2D eigenvalue weighted by Crippen LogP contribution is -2.41. The average Bonchev–Trinajstić information content (AvgIpc) is 2.33. The van der Waals surface area contributed by atoms with Crippen LogP contribution in [0.4, 0.5) is 13.2 Å². The first-order valence-corrected chi connectivity index (χ1v) is 5.09. The number of carbonyl (C=O) groups is 2. The van der Waals surface area contributed by atoms with Crippen molar-refractivity contribution in [2.75, 3.05) is 0 Å². The maximum Gasteiger partial charge on any atom is 0.389 e. The third kappa shape index (κ3) is 5.33. The fourth-order valence-electron chi connectivity index (χ4n) is 1.11. The Kier molecular flexibility index (Phi) is 4.70. The molecule has 18 heavy (non-hydrogen) atoms. The van der Waals surface area contributed by atoms with Gasteiger partial charge in [0.25, 0.3) is 5.91 Å². The summed E-state index contributed by atoms with van der Waals surface area (Å²) in [6, 6.07) is 7.98. The van der Waals surface area contributed by atoms with Gasteiger partial charge in [0.2, 0.25) is 5.91 Å². The lowest BCUT2D eigenvalue weighted by Gasteiger charge is -2.08. The molecule has 0 fully saturated rings. The Morgan fingerprint density at radius 3 is 2.22 bits per heavy atom. The van der Waals surface area contributed by atoms with Crippen LogP contribution in [0.2, 0.25) is 0 Å². The molecule has 4 nitrogen and oxygen atoms in total. The van der Waals surface area contributed by atoms with Crippen molar-refractivity contribution in [1.82, 2.24) is 10.9 Å². The summed E-state index contributed by atoms with van der Waals surface area (Å²) >= 11 is 0. The molecule has 1 rings (SSSR count). The minimum atomic E-state index is -4.39. The molecule has 2 amide bonds. The molecular weight excluding hydrogens is 249 g/mol. The molecule has 0 aliphatic rings. The van der Waals surface area contributed by atoms with Crippen LogP contribution in [0.25, 0.3) is 0 Å². The third-order valence-electron chi connectivity index (χ3n) is 1.99. The van der Waals surface area contributed by atoms with E-state index >= 15 is 0 Å². The number of rotatable bonds is 3. The molecule has 0 bridgehead atoms. The van der Waals surface area contributed by atoms with Gasteiger partial charge in [-0.15, -0.1) is 0 Å². The van der Waals surface area contributed by atoms with Crippen molar-refractivity contribution in [3.05, 3.63) is 35.9 Å². The standard InChI is InChI=1S/C11H11F3N2O2/c12-11(13,14)7-6-9(17)15-16-10(18)8-4-2-1-3-5-8/h1-5H,6-7H2,(H,15,17)(H,16,18). The second-order valence-corrected chi connectivity index (χ2v) is 3.48. The van der Waals surface area contributed by atoms with Crippen molar-refractivity contribution < 1.29 is 22.8 Å². The van der Waals surface area contributed by atoms with Crippen LogP contribution < -0.4 is 10.9 Å². The van der Waals surface area contributed by atoms with E-state index in [0.29, 0.717) is 5.56 Å². The molecule has 0 saturated heterocycles. The van der Waals surface area contributed by atoms with Crippen molar-refractivity contribution >= 4 is 11.8 Å². The quantitative estimate of drug-likeness (QED) is 0.814. The van der Waals surface area contributed by atoms with Crippen LogP contribution in [-0.2, 0) is 4.79 Å². The van der Waals surface area contributed by atoms with Gasteiger partial charge in [0.1, 0.15) is 0 Å². The number of alkyl halides is 3. The molecule has 1 aromatic rings. The zero-order chi connectivity index (χ0) is 13.6. The van der Waals surface area contributed by atoms with Crippen LogP contribution in [0, 0.1) is 0 Å². The largest absolute Gasteiger partial charge is 0.389 e. The zero-order valence-electron chi connectivity index (χ0n) is 9.25. The monoisotopic (exact) mass is 260 g/mol. The fourth-order valence-corrected chi connectivity index (χ4v) is 1.11. The first-order valence-electron chi connectivity index (χ1n) is 5.09. The van der Waals surface area contributed by atoms with Crippen molar-refractivity contribution in [3.8, 4) is 0 Å². The Hall–Kier alpha value is -2.05. The summed E-state index contributed by atoms with van der Waals surface area (Å²) in [6.45, 7) is 0. The smallest absolute Gasteiger partial charge is 0.273 e. The highest BCUT2D eigenvalue weighted by atomic mass is 19.4. The van der Waals surface area contributed by atoms with Gasteiger partial charge in [0.15, 0.2) is 0 Å². The first kappa shape index (κ1) is 14.0. The number of halogens is 3. The summed E-state index contributed by atoms with van der Waals surface area (Å²) < 4.78 is 35.4. The summed E-state index contributed by atoms with van der Waals surface area (Å²) in [5.41, 5.74) is 4.24. The number of carbonyl (C=O) groups excluding carboxylic acids is 2. The van der Waals surface area contributed by atoms with Gasteiger partial charge in [-0.25, -0.2) is 0 Å². The highest BCUT2D eigenvalue weighted by Gasteiger charge is 2.27. The predicted octanol–water partition coefficient (Wildman–Crippen LogP) is 1.79. The van der Waals surface area contributed by atoms with Gasteiger partial charge in [-0.3, -0.25) is 20.4 Å². The number of hydrazine groups is 1. The summed E-state index contributed by atoms with van der Waals surface area (Å²) in [7, 11) is 0. The number of nitrogens with one attached hydrogen (secondary N) is 2. The maximum absolute atomic E-state index is 11.8. The Labute approximate surface area is 101 Å². The van der Waals surface area contributed by atoms with E-state index in [1.165, 1.54) is 12.1 Å². The topological polar surface area (TPSA) is 58.2 Å². The second-order valence-electron chi connectivity index (χ2n) is 3.48. The minimum absolute atomic E-state index is 0.300. The van der Waals surface area contributed by atoms with E-state index in [9.17, 15) is 22.8 Å². The van der Waals surface area contributed by atoms with Crippen LogP contribution in [0.5, 0.6) is 0 Å². The van der Waals surface area contributed by atoms with Crippen LogP contribution in [0.1, 0.15) is 23.2 Å². The second kappa shape index (κ2) is 6.04. The van der Waals surface area contributed by atoms with E-state index in [2.05, 4.69) is 0 Å². The van der Waals surface area contributed by atoms with Crippen molar-refractivity contribution in [1.29, 1.82) is 0 Å². The third-order valence-corrected chi connectivity index (χ3v) is 1.99. The molecule has 1 aromatic carbocycles. The molecule has 0 unspecified atom stereocenters. The zero-order valence-corrected chi connectivity index (χ0v) is 9.25. The Morgan fingerprint density at radius 2 is 1.67 bits per heavy atom. The van der Waals surface area contributed by atoms with Crippen LogP contribution in [-0.4, -0.2) is 18.0 Å². The van der Waals surface area contributed by atoms with Gasteiger partial charge in [-0.1, -0.05) is 18.2 Å². The molecule has 0 atom stereocenters. The summed E-state index contributed by atoms with van der Waals surface area (Å²) in [5, 5.41) is 0. The van der Waals surface area contributed by atoms with E-state index < -0.39 is 30.8 Å². The van der Waals surface area contributed by atoms with E-state index in [1.54, 1.807) is 18.2 Å². The molecule has 7 heteroatoms. The number of amides is 2. The number of benzene rings is 1. The molecular formula is C11H11F3N2O2.